The van der Waals surface area contributed by atoms with E-state index in [4.69, 9.17) is 11.6 Å². The molecule has 3 heterocycles. The number of rotatable bonds is 4. The van der Waals surface area contributed by atoms with E-state index in [-0.39, 0.29) is 5.91 Å². The SMILES string of the molecule is O=C(c1cnccn1)N1CCCN(CCn2cc(Cl)cn2)CC1. The van der Waals surface area contributed by atoms with E-state index in [9.17, 15) is 4.79 Å². The van der Waals surface area contributed by atoms with Crippen molar-refractivity contribution in [3.05, 3.63) is 41.7 Å². The van der Waals surface area contributed by atoms with Crippen molar-refractivity contribution in [1.82, 2.24) is 29.5 Å². The van der Waals surface area contributed by atoms with Crippen molar-refractivity contribution >= 4 is 17.5 Å². The minimum atomic E-state index is -0.0428. The van der Waals surface area contributed by atoms with Crippen molar-refractivity contribution in [1.29, 1.82) is 0 Å². The van der Waals surface area contributed by atoms with Gasteiger partial charge < -0.3 is 4.90 Å². The van der Waals surface area contributed by atoms with Crippen LogP contribution in [0.4, 0.5) is 0 Å². The molecule has 8 heteroatoms. The summed E-state index contributed by atoms with van der Waals surface area (Å²) in [4.78, 5) is 24.7. The van der Waals surface area contributed by atoms with Gasteiger partial charge in [-0.05, 0) is 13.0 Å². The Morgan fingerprint density at radius 1 is 1.13 bits per heavy atom. The molecule has 0 unspecified atom stereocenters. The van der Waals surface area contributed by atoms with Crippen molar-refractivity contribution in [2.24, 2.45) is 0 Å². The van der Waals surface area contributed by atoms with Crippen LogP contribution in [0.2, 0.25) is 5.02 Å². The molecule has 3 rings (SSSR count). The van der Waals surface area contributed by atoms with Crippen LogP contribution in [0.3, 0.4) is 0 Å². The van der Waals surface area contributed by atoms with Crippen molar-refractivity contribution in [3.8, 4) is 0 Å². The Hall–Kier alpha value is -1.99. The molecule has 0 bridgehead atoms. The average Bonchev–Trinajstić information content (AvgIpc) is 2.86. The Bertz CT molecular complexity index is 646. The normalized spacial score (nSPS) is 16.3. The van der Waals surface area contributed by atoms with Gasteiger partial charge in [-0.25, -0.2) is 4.98 Å². The van der Waals surface area contributed by atoms with E-state index in [1.807, 2.05) is 15.8 Å². The summed E-state index contributed by atoms with van der Waals surface area (Å²) < 4.78 is 1.84. The fourth-order valence-corrected chi connectivity index (χ4v) is 2.83. The van der Waals surface area contributed by atoms with Gasteiger partial charge in [-0.3, -0.25) is 19.4 Å². The van der Waals surface area contributed by atoms with E-state index >= 15 is 0 Å². The predicted octanol–water partition coefficient (Wildman–Crippen LogP) is 1.17. The smallest absolute Gasteiger partial charge is 0.274 e. The third-order valence-electron chi connectivity index (χ3n) is 3.91. The highest BCUT2D eigenvalue weighted by Crippen LogP contribution is 2.08. The summed E-state index contributed by atoms with van der Waals surface area (Å²) in [7, 11) is 0. The minimum absolute atomic E-state index is 0.0428. The average molecular weight is 335 g/mol. The monoisotopic (exact) mass is 334 g/mol. The third-order valence-corrected chi connectivity index (χ3v) is 4.10. The first-order valence-electron chi connectivity index (χ1n) is 7.68. The maximum Gasteiger partial charge on any atom is 0.274 e. The van der Waals surface area contributed by atoms with Crippen LogP contribution in [0.15, 0.2) is 31.0 Å². The summed E-state index contributed by atoms with van der Waals surface area (Å²) in [6, 6.07) is 0. The Kier molecular flexibility index (Phi) is 5.19. The summed E-state index contributed by atoms with van der Waals surface area (Å²) in [5.74, 6) is -0.0428. The van der Waals surface area contributed by atoms with E-state index in [1.54, 1.807) is 18.6 Å². The molecule has 0 aromatic carbocycles. The van der Waals surface area contributed by atoms with E-state index < -0.39 is 0 Å². The van der Waals surface area contributed by atoms with Gasteiger partial charge in [0.15, 0.2) is 0 Å². The molecule has 1 amide bonds. The number of halogens is 1. The molecule has 2 aromatic rings. The first kappa shape index (κ1) is 15.9. The molecule has 0 radical (unpaired) electrons. The molecule has 0 aliphatic carbocycles. The van der Waals surface area contributed by atoms with Gasteiger partial charge in [0.2, 0.25) is 0 Å². The van der Waals surface area contributed by atoms with Gasteiger partial charge >= 0.3 is 0 Å². The lowest BCUT2D eigenvalue weighted by Crippen LogP contribution is -2.36. The van der Waals surface area contributed by atoms with E-state index in [1.165, 1.54) is 6.20 Å². The maximum atomic E-state index is 12.4. The molecule has 1 saturated heterocycles. The zero-order valence-corrected chi connectivity index (χ0v) is 13.6. The molecule has 2 aromatic heterocycles. The zero-order valence-electron chi connectivity index (χ0n) is 12.8. The highest BCUT2D eigenvalue weighted by Gasteiger charge is 2.21. The lowest BCUT2D eigenvalue weighted by atomic mass is 10.3. The molecular formula is C15H19ClN6O. The third kappa shape index (κ3) is 4.27. The molecule has 0 spiro atoms. The van der Waals surface area contributed by atoms with E-state index in [0.717, 1.165) is 39.1 Å². The van der Waals surface area contributed by atoms with Crippen LogP contribution in [-0.4, -0.2) is 68.2 Å². The molecule has 7 nitrogen and oxygen atoms in total. The summed E-state index contributed by atoms with van der Waals surface area (Å²) in [6.45, 7) is 4.96. The molecule has 1 aliphatic rings. The molecule has 1 aliphatic heterocycles. The number of carbonyl (C=O) groups is 1. The van der Waals surface area contributed by atoms with Gasteiger partial charge in [0.1, 0.15) is 5.69 Å². The van der Waals surface area contributed by atoms with Gasteiger partial charge in [-0.2, -0.15) is 5.10 Å². The standard InChI is InChI=1S/C15H19ClN6O/c16-13-10-19-22(12-13)9-7-20-4-1-5-21(8-6-20)15(23)14-11-17-2-3-18-14/h2-3,10-12H,1,4-9H2. The van der Waals surface area contributed by atoms with Gasteiger partial charge in [0.25, 0.3) is 5.91 Å². The molecule has 0 atom stereocenters. The van der Waals surface area contributed by atoms with Gasteiger partial charge in [-0.15, -0.1) is 0 Å². The molecule has 0 saturated carbocycles. The number of amides is 1. The second-order valence-corrected chi connectivity index (χ2v) is 5.94. The highest BCUT2D eigenvalue weighted by molar-refractivity contribution is 6.30. The first-order chi connectivity index (χ1) is 11.2. The largest absolute Gasteiger partial charge is 0.336 e. The zero-order chi connectivity index (χ0) is 16.1. The fourth-order valence-electron chi connectivity index (χ4n) is 2.67. The topological polar surface area (TPSA) is 67.2 Å². The second kappa shape index (κ2) is 7.52. The summed E-state index contributed by atoms with van der Waals surface area (Å²) >= 11 is 5.87. The van der Waals surface area contributed by atoms with Gasteiger partial charge in [0.05, 0.1) is 24.0 Å². The number of carbonyl (C=O) groups excluding carboxylic acids is 1. The number of nitrogens with zero attached hydrogens (tertiary/aromatic N) is 6. The maximum absolute atomic E-state index is 12.4. The predicted molar refractivity (Wildman–Crippen MR) is 86.2 cm³/mol. The van der Waals surface area contributed by atoms with Gasteiger partial charge in [0, 0.05) is 44.8 Å². The number of hydrogen-bond donors (Lipinski definition) is 0. The summed E-state index contributed by atoms with van der Waals surface area (Å²) in [5.41, 5.74) is 0.409. The molecule has 122 valence electrons. The summed E-state index contributed by atoms with van der Waals surface area (Å²) in [5, 5.41) is 4.84. The Labute approximate surface area is 139 Å². The second-order valence-electron chi connectivity index (χ2n) is 5.50. The van der Waals surface area contributed by atoms with Crippen molar-refractivity contribution in [2.45, 2.75) is 13.0 Å². The van der Waals surface area contributed by atoms with E-state index in [2.05, 4.69) is 20.0 Å². The van der Waals surface area contributed by atoms with Crippen LogP contribution < -0.4 is 0 Å². The van der Waals surface area contributed by atoms with Crippen molar-refractivity contribution < 1.29 is 4.79 Å². The molecule has 1 fully saturated rings. The van der Waals surface area contributed by atoms with E-state index in [0.29, 0.717) is 17.3 Å². The molecule has 23 heavy (non-hydrogen) atoms. The van der Waals surface area contributed by atoms with Crippen LogP contribution in [0.5, 0.6) is 0 Å². The Morgan fingerprint density at radius 2 is 2.04 bits per heavy atom. The first-order valence-corrected chi connectivity index (χ1v) is 8.06. The van der Waals surface area contributed by atoms with Crippen LogP contribution in [0, 0.1) is 0 Å². The Morgan fingerprint density at radius 3 is 2.78 bits per heavy atom. The van der Waals surface area contributed by atoms with Crippen molar-refractivity contribution in [2.75, 3.05) is 32.7 Å². The van der Waals surface area contributed by atoms with Crippen LogP contribution in [0.25, 0.3) is 0 Å². The minimum Gasteiger partial charge on any atom is -0.336 e. The molecular weight excluding hydrogens is 316 g/mol. The lowest BCUT2D eigenvalue weighted by molar-refractivity contribution is 0.0755. The highest BCUT2D eigenvalue weighted by atomic mass is 35.5. The quantitative estimate of drug-likeness (QED) is 0.839. The summed E-state index contributed by atoms with van der Waals surface area (Å²) in [6.07, 6.45) is 9.06. The number of aromatic nitrogens is 4. The van der Waals surface area contributed by atoms with Crippen LogP contribution in [0.1, 0.15) is 16.9 Å². The van der Waals surface area contributed by atoms with Gasteiger partial charge in [-0.1, -0.05) is 11.6 Å². The molecule has 0 N–H and O–H groups in total. The Balaban J connectivity index is 1.52. The fraction of sp³-hybridized carbons (Fsp3) is 0.467. The van der Waals surface area contributed by atoms with Crippen LogP contribution >= 0.6 is 11.6 Å². The number of hydrogen-bond acceptors (Lipinski definition) is 5. The van der Waals surface area contributed by atoms with Crippen LogP contribution in [-0.2, 0) is 6.54 Å². The lowest BCUT2D eigenvalue weighted by Gasteiger charge is -2.21. The van der Waals surface area contributed by atoms with Crippen molar-refractivity contribution in [3.63, 3.8) is 0 Å².